The van der Waals surface area contributed by atoms with E-state index in [1.165, 1.54) is 22.3 Å². The standard InChI is InChI=1S/C58H84N8O6/c1-35(59-3)53(67)62-50(38-17-7-5-8-18-38)57(71)65-29-15-25-47(65)55(69)61-49-43(33-40-21-11-13-23-44(40)49)32-37-27-28-42(31-37)46-34-41-22-12-14-24-45(41)52(46)64-56(70)48-26-16-30-66(48)58(72)51(39-19-9-6-10-20-39)63-54(68)36(2)60-4/h11-14,21-24,35-39,42-43,46-52,59-60H,5-10,15-20,25-34H2,1-4H3,(H,61,69)(H,62,67)(H,63,68)(H,64,70)/t35-,36-,37?,42?,43+,46-,47-,48-,49+,50-,51-,52-/m0/s1. The molecule has 0 spiro atoms. The normalized spacial score (nSPS) is 29.2. The summed E-state index contributed by atoms with van der Waals surface area (Å²) in [5.74, 6) is 0.583. The highest BCUT2D eigenvalue weighted by atomic mass is 16.2. The number of amides is 6. The number of benzene rings is 2. The Morgan fingerprint density at radius 2 is 1.03 bits per heavy atom. The molecule has 14 nitrogen and oxygen atoms in total. The molecule has 12 atom stereocenters. The molecule has 2 saturated heterocycles. The van der Waals surface area contributed by atoms with Crippen LogP contribution in [0.25, 0.3) is 0 Å². The third kappa shape index (κ3) is 11.3. The molecule has 2 aromatic rings. The topological polar surface area (TPSA) is 181 Å². The largest absolute Gasteiger partial charge is 0.347 e. The minimum Gasteiger partial charge on any atom is -0.347 e. The Balaban J connectivity index is 0.864. The van der Waals surface area contributed by atoms with Gasteiger partial charge in [0.05, 0.1) is 24.2 Å². The van der Waals surface area contributed by atoms with E-state index in [-0.39, 0.29) is 71.2 Å². The summed E-state index contributed by atoms with van der Waals surface area (Å²) in [6.07, 6.45) is 18.7. The Bertz CT molecular complexity index is 2260. The molecule has 7 aliphatic rings. The molecule has 5 fully saturated rings. The molecule has 6 amide bonds. The minimum absolute atomic E-state index is 0.0566. The van der Waals surface area contributed by atoms with Crippen molar-refractivity contribution in [2.45, 2.75) is 191 Å². The zero-order chi connectivity index (χ0) is 50.5. The summed E-state index contributed by atoms with van der Waals surface area (Å²) in [7, 11) is 3.49. The van der Waals surface area contributed by atoms with Crippen LogP contribution in [0.1, 0.15) is 164 Å². The van der Waals surface area contributed by atoms with Gasteiger partial charge in [0.25, 0.3) is 0 Å². The van der Waals surface area contributed by atoms with Crippen LogP contribution < -0.4 is 31.9 Å². The van der Waals surface area contributed by atoms with Gasteiger partial charge in [-0.3, -0.25) is 28.8 Å². The first-order valence-electron chi connectivity index (χ1n) is 28.3. The van der Waals surface area contributed by atoms with Gasteiger partial charge in [-0.15, -0.1) is 0 Å². The van der Waals surface area contributed by atoms with E-state index >= 15 is 0 Å². The van der Waals surface area contributed by atoms with Crippen molar-refractivity contribution in [1.82, 2.24) is 41.7 Å². The lowest BCUT2D eigenvalue weighted by molar-refractivity contribution is -0.143. The lowest BCUT2D eigenvalue weighted by Crippen LogP contribution is -2.58. The first-order valence-corrected chi connectivity index (χ1v) is 28.3. The van der Waals surface area contributed by atoms with Crippen molar-refractivity contribution >= 4 is 35.4 Å². The van der Waals surface area contributed by atoms with Crippen LogP contribution in [0.3, 0.4) is 0 Å². The van der Waals surface area contributed by atoms with Crippen LogP contribution in [-0.2, 0) is 41.6 Å². The summed E-state index contributed by atoms with van der Waals surface area (Å²) >= 11 is 0. The van der Waals surface area contributed by atoms with Crippen LogP contribution >= 0.6 is 0 Å². The fourth-order valence-corrected chi connectivity index (χ4v) is 14.5. The molecule has 72 heavy (non-hydrogen) atoms. The quantitative estimate of drug-likeness (QED) is 0.109. The molecule has 3 saturated carbocycles. The number of carbonyl (C=O) groups excluding carboxylic acids is 6. The lowest BCUT2D eigenvalue weighted by Gasteiger charge is -2.36. The Hall–Kier alpha value is -4.82. The third-order valence-electron chi connectivity index (χ3n) is 18.7. The number of carbonyl (C=O) groups is 6. The van der Waals surface area contributed by atoms with Gasteiger partial charge < -0.3 is 41.7 Å². The van der Waals surface area contributed by atoms with Gasteiger partial charge in [0.2, 0.25) is 35.4 Å². The van der Waals surface area contributed by atoms with Crippen molar-refractivity contribution in [2.24, 2.45) is 35.5 Å². The van der Waals surface area contributed by atoms with Gasteiger partial charge in [0, 0.05) is 13.1 Å². The maximum absolute atomic E-state index is 14.6. The molecule has 2 aliphatic heterocycles. The molecule has 0 bridgehead atoms. The fraction of sp³-hybridized carbons (Fsp3) is 0.690. The van der Waals surface area contributed by atoms with E-state index in [0.717, 1.165) is 116 Å². The number of likely N-dealkylation sites (N-methyl/N-ethyl adjacent to an activating group) is 2. The first kappa shape index (κ1) is 52.1. The highest BCUT2D eigenvalue weighted by Gasteiger charge is 2.47. The molecule has 6 N–H and O–H groups in total. The van der Waals surface area contributed by atoms with Gasteiger partial charge in [-0.05, 0) is 169 Å². The van der Waals surface area contributed by atoms with E-state index in [2.05, 4.69) is 80.4 Å². The second-order valence-electron chi connectivity index (χ2n) is 23.0. The monoisotopic (exact) mass is 989 g/mol. The van der Waals surface area contributed by atoms with Crippen molar-refractivity contribution in [3.8, 4) is 0 Å². The first-order chi connectivity index (χ1) is 34.9. The SMILES string of the molecule is CN[C@@H](C)C(=O)N[C@H](C(=O)N1CCC[C@H]1C(=O)N[C@H]1c2ccccc2C[C@H]1CC1CCC([C@@H]2Cc3ccccc3[C@@H]2NC(=O)[C@@H]2CCCN2C(=O)[C@@H](NC(=O)[C@H](C)NC)C2CCCCC2)C1)C1CCCCC1. The van der Waals surface area contributed by atoms with E-state index in [1.807, 2.05) is 0 Å². The van der Waals surface area contributed by atoms with E-state index in [9.17, 15) is 28.8 Å². The number of nitrogens with zero attached hydrogens (tertiary/aromatic N) is 2. The van der Waals surface area contributed by atoms with Gasteiger partial charge in [-0.25, -0.2) is 0 Å². The average Bonchev–Trinajstić information content (AvgIpc) is 4.28. The maximum atomic E-state index is 14.6. The van der Waals surface area contributed by atoms with Crippen LogP contribution in [0.15, 0.2) is 48.5 Å². The van der Waals surface area contributed by atoms with Crippen LogP contribution in [0.5, 0.6) is 0 Å². The van der Waals surface area contributed by atoms with Crippen LogP contribution in [0.2, 0.25) is 0 Å². The molecule has 2 unspecified atom stereocenters. The Kier molecular flexibility index (Phi) is 17.1. The van der Waals surface area contributed by atoms with E-state index in [1.54, 1.807) is 37.7 Å². The van der Waals surface area contributed by atoms with Crippen LogP contribution in [0, 0.1) is 35.5 Å². The summed E-state index contributed by atoms with van der Waals surface area (Å²) in [6, 6.07) is 13.4. The van der Waals surface area contributed by atoms with Crippen molar-refractivity contribution in [1.29, 1.82) is 0 Å². The van der Waals surface area contributed by atoms with Crippen LogP contribution in [0.4, 0.5) is 0 Å². The lowest BCUT2D eigenvalue weighted by atomic mass is 9.82. The highest BCUT2D eigenvalue weighted by molar-refractivity contribution is 5.95. The smallest absolute Gasteiger partial charge is 0.246 e. The predicted molar refractivity (Wildman–Crippen MR) is 278 cm³/mol. The number of rotatable bonds is 17. The van der Waals surface area contributed by atoms with Gasteiger partial charge >= 0.3 is 0 Å². The molecular weight excluding hydrogens is 905 g/mol. The van der Waals surface area contributed by atoms with Crippen molar-refractivity contribution < 1.29 is 28.8 Å². The number of nitrogens with one attached hydrogen (secondary N) is 6. The predicted octanol–water partition coefficient (Wildman–Crippen LogP) is 6.18. The molecule has 2 aromatic carbocycles. The minimum atomic E-state index is -0.643. The Morgan fingerprint density at radius 1 is 0.556 bits per heavy atom. The molecule has 392 valence electrons. The van der Waals surface area contributed by atoms with Gasteiger partial charge in [0.1, 0.15) is 24.2 Å². The Morgan fingerprint density at radius 3 is 1.54 bits per heavy atom. The molecule has 2 heterocycles. The average molecular weight is 989 g/mol. The molecule has 0 radical (unpaired) electrons. The van der Waals surface area contributed by atoms with Gasteiger partial charge in [0.15, 0.2) is 0 Å². The molecular formula is C58H84N8O6. The number of hydrogen-bond acceptors (Lipinski definition) is 8. The van der Waals surface area contributed by atoms with Crippen molar-refractivity contribution in [3.63, 3.8) is 0 Å². The summed E-state index contributed by atoms with van der Waals surface area (Å²) in [6.45, 7) is 4.62. The third-order valence-corrected chi connectivity index (χ3v) is 18.7. The highest BCUT2D eigenvalue weighted by Crippen LogP contribution is 2.50. The number of fused-ring (bicyclic) bond motifs is 2. The van der Waals surface area contributed by atoms with Crippen LogP contribution in [-0.4, -0.2) is 109 Å². The second kappa shape index (κ2) is 23.6. The zero-order valence-corrected chi connectivity index (χ0v) is 43.6. The number of likely N-dealkylation sites (tertiary alicyclic amines) is 2. The summed E-state index contributed by atoms with van der Waals surface area (Å²) in [5, 5.41) is 19.3. The van der Waals surface area contributed by atoms with Crippen molar-refractivity contribution in [3.05, 3.63) is 70.8 Å². The summed E-state index contributed by atoms with van der Waals surface area (Å²) in [5.41, 5.74) is 4.90. The van der Waals surface area contributed by atoms with Gasteiger partial charge in [-0.1, -0.05) is 93.5 Å². The zero-order valence-electron chi connectivity index (χ0n) is 43.6. The molecule has 9 rings (SSSR count). The summed E-state index contributed by atoms with van der Waals surface area (Å²) < 4.78 is 0. The summed E-state index contributed by atoms with van der Waals surface area (Å²) in [4.78, 5) is 88.3. The maximum Gasteiger partial charge on any atom is 0.246 e. The molecule has 5 aliphatic carbocycles. The van der Waals surface area contributed by atoms with E-state index < -0.39 is 36.3 Å². The Labute approximate surface area is 428 Å². The van der Waals surface area contributed by atoms with Gasteiger partial charge in [-0.2, -0.15) is 0 Å². The fourth-order valence-electron chi connectivity index (χ4n) is 14.5. The van der Waals surface area contributed by atoms with Crippen molar-refractivity contribution in [2.75, 3.05) is 27.2 Å². The van der Waals surface area contributed by atoms with E-state index in [4.69, 9.17) is 0 Å². The molecule has 14 heteroatoms. The second-order valence-corrected chi connectivity index (χ2v) is 23.0. The van der Waals surface area contributed by atoms with E-state index in [0.29, 0.717) is 37.8 Å². The molecule has 0 aromatic heterocycles. The number of hydrogen-bond donors (Lipinski definition) is 6.